The van der Waals surface area contributed by atoms with Crippen molar-refractivity contribution in [2.75, 3.05) is 30.9 Å². The molecule has 1 atom stereocenters. The first kappa shape index (κ1) is 14.2. The number of para-hydroxylation sites is 1. The number of nitrogen functional groups attached to an aromatic ring is 1. The second-order valence-electron chi connectivity index (χ2n) is 5.33. The van der Waals surface area contributed by atoms with E-state index in [0.29, 0.717) is 6.04 Å². The van der Waals surface area contributed by atoms with Crippen LogP contribution in [0.15, 0.2) is 18.2 Å². The van der Waals surface area contributed by atoms with E-state index in [1.54, 1.807) is 7.11 Å². The normalized spacial score (nSPS) is 19.7. The minimum atomic E-state index is 0.573. The van der Waals surface area contributed by atoms with Gasteiger partial charge in [0.2, 0.25) is 0 Å². The van der Waals surface area contributed by atoms with Crippen molar-refractivity contribution in [3.63, 3.8) is 0 Å². The number of benzene rings is 1. The summed E-state index contributed by atoms with van der Waals surface area (Å²) in [6.45, 7) is 4.15. The summed E-state index contributed by atoms with van der Waals surface area (Å²) in [5, 5.41) is 0. The van der Waals surface area contributed by atoms with Gasteiger partial charge in [-0.2, -0.15) is 0 Å². The van der Waals surface area contributed by atoms with Crippen LogP contribution in [0, 0.1) is 0 Å². The zero-order chi connectivity index (χ0) is 13.7. The topological polar surface area (TPSA) is 38.5 Å². The Hall–Kier alpha value is -1.22. The molecule has 1 aromatic rings. The van der Waals surface area contributed by atoms with E-state index in [-0.39, 0.29) is 0 Å². The average Bonchev–Trinajstić information content (AvgIpc) is 2.45. The Kier molecular flexibility index (Phi) is 5.08. The van der Waals surface area contributed by atoms with Gasteiger partial charge in [0.1, 0.15) is 0 Å². The van der Waals surface area contributed by atoms with Crippen molar-refractivity contribution in [3.05, 3.63) is 23.8 Å². The SMILES string of the molecule is CCc1cccc(N)c1N1CCCCC1CCOC. The predicted octanol–water partition coefficient (Wildman–Crippen LogP) is 3.23. The van der Waals surface area contributed by atoms with Gasteiger partial charge in [-0.25, -0.2) is 0 Å². The van der Waals surface area contributed by atoms with Gasteiger partial charge in [0, 0.05) is 26.3 Å². The zero-order valence-corrected chi connectivity index (χ0v) is 12.2. The molecule has 0 radical (unpaired) electrons. The van der Waals surface area contributed by atoms with Gasteiger partial charge in [0.25, 0.3) is 0 Å². The summed E-state index contributed by atoms with van der Waals surface area (Å²) in [5.74, 6) is 0. The first-order chi connectivity index (χ1) is 9.27. The lowest BCUT2D eigenvalue weighted by molar-refractivity contribution is 0.182. The van der Waals surface area contributed by atoms with E-state index in [9.17, 15) is 0 Å². The maximum absolute atomic E-state index is 6.25. The molecule has 106 valence electrons. The summed E-state index contributed by atoms with van der Waals surface area (Å²) in [7, 11) is 1.78. The summed E-state index contributed by atoms with van der Waals surface area (Å²) < 4.78 is 5.26. The van der Waals surface area contributed by atoms with Gasteiger partial charge in [-0.05, 0) is 43.7 Å². The molecule has 1 aliphatic rings. The second kappa shape index (κ2) is 6.80. The molecular weight excluding hydrogens is 236 g/mol. The Labute approximate surface area is 116 Å². The molecule has 2 rings (SSSR count). The quantitative estimate of drug-likeness (QED) is 0.828. The van der Waals surface area contributed by atoms with Gasteiger partial charge in [-0.15, -0.1) is 0 Å². The Morgan fingerprint density at radius 2 is 2.21 bits per heavy atom. The molecule has 3 nitrogen and oxygen atoms in total. The van der Waals surface area contributed by atoms with Gasteiger partial charge in [0.15, 0.2) is 0 Å². The minimum absolute atomic E-state index is 0.573. The van der Waals surface area contributed by atoms with E-state index >= 15 is 0 Å². The van der Waals surface area contributed by atoms with Crippen LogP contribution in [0.1, 0.15) is 38.2 Å². The van der Waals surface area contributed by atoms with E-state index in [2.05, 4.69) is 24.0 Å². The monoisotopic (exact) mass is 262 g/mol. The van der Waals surface area contributed by atoms with Gasteiger partial charge in [-0.1, -0.05) is 19.1 Å². The second-order valence-corrected chi connectivity index (χ2v) is 5.33. The molecule has 0 aromatic heterocycles. The fraction of sp³-hybridized carbons (Fsp3) is 0.625. The number of hydrogen-bond donors (Lipinski definition) is 1. The molecule has 0 amide bonds. The van der Waals surface area contributed by atoms with Crippen molar-refractivity contribution in [1.29, 1.82) is 0 Å². The smallest absolute Gasteiger partial charge is 0.0634 e. The maximum atomic E-state index is 6.25. The third-order valence-electron chi connectivity index (χ3n) is 4.10. The zero-order valence-electron chi connectivity index (χ0n) is 12.2. The molecule has 3 heteroatoms. The van der Waals surface area contributed by atoms with E-state index in [4.69, 9.17) is 10.5 Å². The van der Waals surface area contributed by atoms with Crippen molar-refractivity contribution in [2.24, 2.45) is 0 Å². The number of nitrogens with two attached hydrogens (primary N) is 1. The number of anilines is 2. The highest BCUT2D eigenvalue weighted by molar-refractivity contribution is 5.72. The molecule has 1 aliphatic heterocycles. The largest absolute Gasteiger partial charge is 0.397 e. The lowest BCUT2D eigenvalue weighted by atomic mass is 9.96. The summed E-state index contributed by atoms with van der Waals surface area (Å²) in [4.78, 5) is 2.52. The van der Waals surface area contributed by atoms with Gasteiger partial charge >= 0.3 is 0 Å². The van der Waals surface area contributed by atoms with E-state index in [1.165, 1.54) is 30.5 Å². The van der Waals surface area contributed by atoms with Crippen LogP contribution in [-0.4, -0.2) is 26.3 Å². The van der Waals surface area contributed by atoms with Crippen molar-refractivity contribution < 1.29 is 4.74 Å². The third-order valence-corrected chi connectivity index (χ3v) is 4.10. The Bertz CT molecular complexity index is 406. The van der Waals surface area contributed by atoms with Crippen molar-refractivity contribution in [3.8, 4) is 0 Å². The van der Waals surface area contributed by atoms with Crippen LogP contribution in [0.4, 0.5) is 11.4 Å². The number of ether oxygens (including phenoxy) is 1. The number of piperidine rings is 1. The van der Waals surface area contributed by atoms with Crippen LogP contribution >= 0.6 is 0 Å². The van der Waals surface area contributed by atoms with Crippen LogP contribution in [0.2, 0.25) is 0 Å². The summed E-state index contributed by atoms with van der Waals surface area (Å²) >= 11 is 0. The van der Waals surface area contributed by atoms with Crippen LogP contribution in [-0.2, 0) is 11.2 Å². The highest BCUT2D eigenvalue weighted by Gasteiger charge is 2.25. The lowest BCUT2D eigenvalue weighted by Gasteiger charge is -2.39. The third kappa shape index (κ3) is 3.21. The number of rotatable bonds is 5. The van der Waals surface area contributed by atoms with Gasteiger partial charge in [0.05, 0.1) is 11.4 Å². The molecule has 1 saturated heterocycles. The first-order valence-electron chi connectivity index (χ1n) is 7.40. The minimum Gasteiger partial charge on any atom is -0.397 e. The maximum Gasteiger partial charge on any atom is 0.0634 e. The molecule has 2 N–H and O–H groups in total. The molecule has 0 bridgehead atoms. The average molecular weight is 262 g/mol. The van der Waals surface area contributed by atoms with Crippen LogP contribution in [0.5, 0.6) is 0 Å². The predicted molar refractivity (Wildman–Crippen MR) is 81.7 cm³/mol. The van der Waals surface area contributed by atoms with Crippen LogP contribution < -0.4 is 10.6 Å². The molecule has 0 aliphatic carbocycles. The molecule has 1 unspecified atom stereocenters. The Morgan fingerprint density at radius 3 is 2.95 bits per heavy atom. The molecular formula is C16H26N2O. The van der Waals surface area contributed by atoms with Crippen molar-refractivity contribution in [2.45, 2.75) is 45.1 Å². The Balaban J connectivity index is 2.26. The van der Waals surface area contributed by atoms with Gasteiger partial charge < -0.3 is 15.4 Å². The number of hydrogen-bond acceptors (Lipinski definition) is 3. The van der Waals surface area contributed by atoms with Crippen molar-refractivity contribution in [1.82, 2.24) is 0 Å². The lowest BCUT2D eigenvalue weighted by Crippen LogP contribution is -2.41. The number of aryl methyl sites for hydroxylation is 1. The van der Waals surface area contributed by atoms with E-state index < -0.39 is 0 Å². The highest BCUT2D eigenvalue weighted by atomic mass is 16.5. The number of nitrogens with zero attached hydrogens (tertiary/aromatic N) is 1. The fourth-order valence-corrected chi connectivity index (χ4v) is 3.10. The molecule has 1 aromatic carbocycles. The molecule has 1 heterocycles. The van der Waals surface area contributed by atoms with Crippen LogP contribution in [0.3, 0.4) is 0 Å². The molecule has 1 fully saturated rings. The van der Waals surface area contributed by atoms with E-state index in [1.807, 2.05) is 6.07 Å². The summed E-state index contributed by atoms with van der Waals surface area (Å²) in [5.41, 5.74) is 9.80. The molecule has 0 spiro atoms. The molecule has 19 heavy (non-hydrogen) atoms. The summed E-state index contributed by atoms with van der Waals surface area (Å²) in [6, 6.07) is 6.86. The first-order valence-corrected chi connectivity index (χ1v) is 7.40. The number of methoxy groups -OCH3 is 1. The fourth-order valence-electron chi connectivity index (χ4n) is 3.10. The highest BCUT2D eigenvalue weighted by Crippen LogP contribution is 2.34. The van der Waals surface area contributed by atoms with Crippen molar-refractivity contribution >= 4 is 11.4 Å². The van der Waals surface area contributed by atoms with Gasteiger partial charge in [-0.3, -0.25) is 0 Å². The summed E-state index contributed by atoms with van der Waals surface area (Å²) in [6.07, 6.45) is 5.96. The van der Waals surface area contributed by atoms with E-state index in [0.717, 1.165) is 31.7 Å². The van der Waals surface area contributed by atoms with Crippen LogP contribution in [0.25, 0.3) is 0 Å². The molecule has 0 saturated carbocycles. The Morgan fingerprint density at radius 1 is 1.37 bits per heavy atom. The standard InChI is InChI=1S/C16H26N2O/c1-3-13-7-6-9-15(17)16(13)18-11-5-4-8-14(18)10-12-19-2/h6-7,9,14H,3-5,8,10-12,17H2,1-2H3.